The average Bonchev–Trinajstić information content (AvgIpc) is 2.42. The van der Waals surface area contributed by atoms with Gasteiger partial charge in [-0.3, -0.25) is 4.31 Å². The molecule has 0 atom stereocenters. The first-order valence-corrected chi connectivity index (χ1v) is 7.74. The van der Waals surface area contributed by atoms with Crippen LogP contribution in [0.5, 0.6) is 0 Å². The lowest BCUT2D eigenvalue weighted by Gasteiger charge is -2.23. The van der Waals surface area contributed by atoms with Crippen LogP contribution in [0.2, 0.25) is 0 Å². The van der Waals surface area contributed by atoms with Crippen molar-refractivity contribution >= 4 is 15.7 Å². The lowest BCUT2D eigenvalue weighted by molar-refractivity contribution is 0.590. The zero-order chi connectivity index (χ0) is 14.8. The van der Waals surface area contributed by atoms with E-state index in [1.165, 1.54) is 16.4 Å². The minimum atomic E-state index is -3.67. The van der Waals surface area contributed by atoms with Crippen LogP contribution in [-0.2, 0) is 10.0 Å². The zero-order valence-corrected chi connectivity index (χ0v) is 12.2. The van der Waals surface area contributed by atoms with Crippen molar-refractivity contribution in [2.24, 2.45) is 0 Å². The third-order valence-corrected chi connectivity index (χ3v) is 4.93. The molecule has 0 aliphatic carbocycles. The number of hydrogen-bond acceptors (Lipinski definition) is 2. The van der Waals surface area contributed by atoms with Crippen LogP contribution >= 0.6 is 0 Å². The number of aryl methyl sites for hydroxylation is 1. The third kappa shape index (κ3) is 2.82. The van der Waals surface area contributed by atoms with Gasteiger partial charge in [0.15, 0.2) is 0 Å². The Morgan fingerprint density at radius 1 is 1.00 bits per heavy atom. The monoisotopic (exact) mass is 293 g/mol. The summed E-state index contributed by atoms with van der Waals surface area (Å²) in [5, 5.41) is 0. The Balaban J connectivity index is 2.44. The number of anilines is 1. The second kappa shape index (κ2) is 5.63. The summed E-state index contributed by atoms with van der Waals surface area (Å²) >= 11 is 0. The molecule has 5 heteroatoms. The molecule has 0 aliphatic rings. The fourth-order valence-corrected chi connectivity index (χ4v) is 3.41. The summed E-state index contributed by atoms with van der Waals surface area (Å²) in [6.07, 6.45) is 0. The first-order valence-electron chi connectivity index (χ1n) is 6.30. The molecule has 0 aliphatic heterocycles. The van der Waals surface area contributed by atoms with Gasteiger partial charge >= 0.3 is 0 Å². The van der Waals surface area contributed by atoms with Gasteiger partial charge in [0.05, 0.1) is 10.6 Å². The predicted molar refractivity (Wildman–Crippen MR) is 77.8 cm³/mol. The summed E-state index contributed by atoms with van der Waals surface area (Å²) in [4.78, 5) is 0.0846. The van der Waals surface area contributed by atoms with Crippen LogP contribution < -0.4 is 4.31 Å². The lowest BCUT2D eigenvalue weighted by atomic mass is 10.2. The summed E-state index contributed by atoms with van der Waals surface area (Å²) in [5.41, 5.74) is 1.66. The third-order valence-electron chi connectivity index (χ3n) is 3.01. The molecule has 0 spiro atoms. The molecule has 3 nitrogen and oxygen atoms in total. The van der Waals surface area contributed by atoms with Crippen molar-refractivity contribution in [2.75, 3.05) is 10.8 Å². The van der Waals surface area contributed by atoms with Gasteiger partial charge in [0, 0.05) is 6.54 Å². The van der Waals surface area contributed by atoms with E-state index in [0.29, 0.717) is 12.2 Å². The Morgan fingerprint density at radius 2 is 1.55 bits per heavy atom. The van der Waals surface area contributed by atoms with Crippen LogP contribution in [0.4, 0.5) is 10.1 Å². The van der Waals surface area contributed by atoms with E-state index >= 15 is 0 Å². The van der Waals surface area contributed by atoms with Crippen molar-refractivity contribution in [1.82, 2.24) is 0 Å². The normalized spacial score (nSPS) is 11.3. The van der Waals surface area contributed by atoms with E-state index in [1.54, 1.807) is 19.1 Å². The van der Waals surface area contributed by atoms with Crippen molar-refractivity contribution in [2.45, 2.75) is 18.7 Å². The van der Waals surface area contributed by atoms with Gasteiger partial charge in [0.2, 0.25) is 0 Å². The molecule has 0 fully saturated rings. The first kappa shape index (κ1) is 14.5. The minimum Gasteiger partial charge on any atom is -0.267 e. The van der Waals surface area contributed by atoms with E-state index in [0.717, 1.165) is 17.7 Å². The minimum absolute atomic E-state index is 0.0846. The predicted octanol–water partition coefficient (Wildman–Crippen LogP) is 3.35. The summed E-state index contributed by atoms with van der Waals surface area (Å²) in [6, 6.07) is 12.1. The van der Waals surface area contributed by atoms with Gasteiger partial charge in [0.1, 0.15) is 5.82 Å². The van der Waals surface area contributed by atoms with E-state index in [2.05, 4.69) is 0 Å². The molecule has 0 radical (unpaired) electrons. The summed E-state index contributed by atoms with van der Waals surface area (Å²) in [5.74, 6) is -0.456. The Bertz CT molecular complexity index is 679. The highest BCUT2D eigenvalue weighted by atomic mass is 32.2. The second-order valence-electron chi connectivity index (χ2n) is 4.46. The van der Waals surface area contributed by atoms with Crippen molar-refractivity contribution in [3.8, 4) is 0 Å². The van der Waals surface area contributed by atoms with Gasteiger partial charge < -0.3 is 0 Å². The molecular weight excluding hydrogens is 277 g/mol. The molecule has 0 bridgehead atoms. The fourth-order valence-electron chi connectivity index (χ4n) is 1.94. The number of nitrogens with zero attached hydrogens (tertiary/aromatic N) is 1. The van der Waals surface area contributed by atoms with Crippen LogP contribution in [0.3, 0.4) is 0 Å². The number of rotatable bonds is 4. The SMILES string of the molecule is CCN(c1ccc(C)cc1)S(=O)(=O)c1ccc(F)cc1. The van der Waals surface area contributed by atoms with Gasteiger partial charge in [-0.2, -0.15) is 0 Å². The fraction of sp³-hybridized carbons (Fsp3) is 0.200. The van der Waals surface area contributed by atoms with Gasteiger partial charge in [0.25, 0.3) is 10.0 Å². The molecule has 2 aromatic carbocycles. The van der Waals surface area contributed by atoms with Crippen LogP contribution in [0.25, 0.3) is 0 Å². The maximum Gasteiger partial charge on any atom is 0.264 e. The van der Waals surface area contributed by atoms with Gasteiger partial charge in [-0.1, -0.05) is 17.7 Å². The number of benzene rings is 2. The second-order valence-corrected chi connectivity index (χ2v) is 6.32. The van der Waals surface area contributed by atoms with E-state index in [4.69, 9.17) is 0 Å². The number of hydrogen-bond donors (Lipinski definition) is 0. The van der Waals surface area contributed by atoms with Crippen LogP contribution in [0, 0.1) is 12.7 Å². The standard InChI is InChI=1S/C15H16FNO2S/c1-3-17(14-8-4-12(2)5-9-14)20(18,19)15-10-6-13(16)7-11-15/h4-11H,3H2,1-2H3. The molecule has 0 saturated heterocycles. The number of sulfonamides is 1. The van der Waals surface area contributed by atoms with Crippen molar-refractivity contribution in [1.29, 1.82) is 0 Å². The summed E-state index contributed by atoms with van der Waals surface area (Å²) < 4.78 is 39.3. The molecule has 0 saturated carbocycles. The van der Waals surface area contributed by atoms with Gasteiger partial charge in [-0.15, -0.1) is 0 Å². The molecular formula is C15H16FNO2S. The van der Waals surface area contributed by atoms with E-state index in [9.17, 15) is 12.8 Å². The van der Waals surface area contributed by atoms with Crippen LogP contribution in [0.1, 0.15) is 12.5 Å². The highest BCUT2D eigenvalue weighted by Crippen LogP contribution is 2.23. The van der Waals surface area contributed by atoms with Crippen LogP contribution in [-0.4, -0.2) is 15.0 Å². The molecule has 0 N–H and O–H groups in total. The quantitative estimate of drug-likeness (QED) is 0.867. The first-order chi connectivity index (χ1) is 9.45. The Hall–Kier alpha value is -1.88. The molecule has 2 rings (SSSR count). The smallest absolute Gasteiger partial charge is 0.264 e. The van der Waals surface area contributed by atoms with Crippen molar-refractivity contribution in [3.05, 3.63) is 59.9 Å². The maximum absolute atomic E-state index is 12.9. The number of halogens is 1. The zero-order valence-electron chi connectivity index (χ0n) is 11.4. The Labute approximate surface area is 118 Å². The molecule has 0 heterocycles. The Kier molecular flexibility index (Phi) is 4.09. The molecule has 0 amide bonds. The molecule has 0 unspecified atom stereocenters. The highest BCUT2D eigenvalue weighted by Gasteiger charge is 2.23. The van der Waals surface area contributed by atoms with Crippen molar-refractivity contribution in [3.63, 3.8) is 0 Å². The van der Waals surface area contributed by atoms with Crippen LogP contribution in [0.15, 0.2) is 53.4 Å². The van der Waals surface area contributed by atoms with E-state index in [1.807, 2.05) is 19.1 Å². The van der Waals surface area contributed by atoms with E-state index in [-0.39, 0.29) is 4.90 Å². The molecule has 106 valence electrons. The molecule has 20 heavy (non-hydrogen) atoms. The molecule has 2 aromatic rings. The average molecular weight is 293 g/mol. The summed E-state index contributed by atoms with van der Waals surface area (Å²) in [7, 11) is -3.67. The topological polar surface area (TPSA) is 37.4 Å². The lowest BCUT2D eigenvalue weighted by Crippen LogP contribution is -2.30. The molecule has 0 aromatic heterocycles. The van der Waals surface area contributed by atoms with Gasteiger partial charge in [-0.05, 0) is 50.2 Å². The van der Waals surface area contributed by atoms with E-state index < -0.39 is 15.8 Å². The van der Waals surface area contributed by atoms with Gasteiger partial charge in [-0.25, -0.2) is 12.8 Å². The highest BCUT2D eigenvalue weighted by molar-refractivity contribution is 7.92. The Morgan fingerprint density at radius 3 is 2.05 bits per heavy atom. The summed E-state index contributed by atoms with van der Waals surface area (Å²) in [6.45, 7) is 4.01. The largest absolute Gasteiger partial charge is 0.267 e. The van der Waals surface area contributed by atoms with Crippen molar-refractivity contribution < 1.29 is 12.8 Å². The maximum atomic E-state index is 12.9.